The predicted octanol–water partition coefficient (Wildman–Crippen LogP) is -0.137. The molecule has 2 N–H and O–H groups in total. The molecule has 1 heterocycles. The first kappa shape index (κ1) is 19.1. The monoisotopic (exact) mass is 338 g/mol. The van der Waals surface area contributed by atoms with E-state index in [-0.39, 0.29) is 5.56 Å². The third kappa shape index (κ3) is 4.51. The summed E-state index contributed by atoms with van der Waals surface area (Å²) in [6.07, 6.45) is 2.75. The van der Waals surface area contributed by atoms with Crippen molar-refractivity contribution in [1.29, 1.82) is 0 Å². The summed E-state index contributed by atoms with van der Waals surface area (Å²) in [5.41, 5.74) is 0.191. The number of amides is 1. The molecule has 0 fully saturated rings. The molecule has 0 aliphatic carbocycles. The molecular weight excluding hydrogens is 320 g/mol. The standard InChI is InChI=1S/C15H18N2O7/c1-8(10(14(21)23-2)15(22)24-3)11(13(19)20)17-12(18)9-4-6-16-7-5-9/h4-8,10-11H,1-3H3,(H,17,18)(H,19,20)/t8-,11-/m0/s1. The van der Waals surface area contributed by atoms with E-state index in [1.54, 1.807) is 0 Å². The largest absolute Gasteiger partial charge is 0.480 e. The molecule has 0 saturated carbocycles. The SMILES string of the molecule is COC(=O)C(C(=O)OC)[C@H](C)[C@H](NC(=O)c1ccncc1)C(=O)O. The van der Waals surface area contributed by atoms with E-state index in [9.17, 15) is 24.3 Å². The molecule has 0 aliphatic rings. The highest BCUT2D eigenvalue weighted by molar-refractivity contribution is 5.98. The van der Waals surface area contributed by atoms with Crippen molar-refractivity contribution in [3.8, 4) is 0 Å². The number of carboxylic acid groups (broad SMARTS) is 1. The van der Waals surface area contributed by atoms with Gasteiger partial charge >= 0.3 is 17.9 Å². The summed E-state index contributed by atoms with van der Waals surface area (Å²) < 4.78 is 9.04. The molecule has 0 saturated heterocycles. The molecule has 9 nitrogen and oxygen atoms in total. The maximum atomic E-state index is 12.1. The van der Waals surface area contributed by atoms with E-state index in [0.29, 0.717) is 0 Å². The summed E-state index contributed by atoms with van der Waals surface area (Å²) in [6.45, 7) is 1.34. The minimum atomic E-state index is -1.51. The zero-order valence-corrected chi connectivity index (χ0v) is 13.4. The Bertz CT molecular complexity index is 602. The Balaban J connectivity index is 3.04. The van der Waals surface area contributed by atoms with Crippen LogP contribution in [0.25, 0.3) is 0 Å². The lowest BCUT2D eigenvalue weighted by atomic mass is 9.87. The number of aliphatic carboxylic acids is 1. The van der Waals surface area contributed by atoms with Gasteiger partial charge in [-0.25, -0.2) is 4.79 Å². The summed E-state index contributed by atoms with van der Waals surface area (Å²) in [7, 11) is 2.13. The summed E-state index contributed by atoms with van der Waals surface area (Å²) >= 11 is 0. The van der Waals surface area contributed by atoms with Gasteiger partial charge in [0.05, 0.1) is 14.2 Å². The Morgan fingerprint density at radius 1 is 1.08 bits per heavy atom. The maximum absolute atomic E-state index is 12.1. The molecule has 0 unspecified atom stereocenters. The molecule has 1 rings (SSSR count). The number of hydrogen-bond acceptors (Lipinski definition) is 7. The molecule has 9 heteroatoms. The van der Waals surface area contributed by atoms with Gasteiger partial charge in [-0.3, -0.25) is 19.4 Å². The fourth-order valence-electron chi connectivity index (χ4n) is 2.12. The van der Waals surface area contributed by atoms with Crippen molar-refractivity contribution in [3.05, 3.63) is 30.1 Å². The van der Waals surface area contributed by atoms with Gasteiger partial charge < -0.3 is 19.9 Å². The third-order valence-corrected chi connectivity index (χ3v) is 3.46. The van der Waals surface area contributed by atoms with Crippen LogP contribution in [-0.4, -0.2) is 54.2 Å². The average Bonchev–Trinajstić information content (AvgIpc) is 2.59. The lowest BCUT2D eigenvalue weighted by Gasteiger charge is -2.26. The van der Waals surface area contributed by atoms with Crippen LogP contribution in [0, 0.1) is 11.8 Å². The highest BCUT2D eigenvalue weighted by Gasteiger charge is 2.42. The van der Waals surface area contributed by atoms with Gasteiger partial charge in [-0.15, -0.1) is 0 Å². The molecule has 1 aromatic heterocycles. The minimum absolute atomic E-state index is 0.191. The first-order valence-corrected chi connectivity index (χ1v) is 6.92. The molecule has 24 heavy (non-hydrogen) atoms. The van der Waals surface area contributed by atoms with Crippen LogP contribution in [-0.2, 0) is 23.9 Å². The zero-order chi connectivity index (χ0) is 18.3. The number of methoxy groups -OCH3 is 2. The molecule has 130 valence electrons. The predicted molar refractivity (Wildman–Crippen MR) is 79.8 cm³/mol. The molecular formula is C15H18N2O7. The van der Waals surface area contributed by atoms with E-state index < -0.39 is 41.7 Å². The normalized spacial score (nSPS) is 12.8. The van der Waals surface area contributed by atoms with Crippen LogP contribution in [0.5, 0.6) is 0 Å². The van der Waals surface area contributed by atoms with E-state index in [0.717, 1.165) is 14.2 Å². The summed E-state index contributed by atoms with van der Waals surface area (Å²) in [5.74, 6) is -6.56. The number of nitrogens with one attached hydrogen (secondary N) is 1. The lowest BCUT2D eigenvalue weighted by Crippen LogP contribution is -2.50. The Kier molecular flexibility index (Phi) is 6.84. The zero-order valence-electron chi connectivity index (χ0n) is 13.4. The second kappa shape index (κ2) is 8.61. The van der Waals surface area contributed by atoms with Crippen molar-refractivity contribution < 1.29 is 33.8 Å². The average molecular weight is 338 g/mol. The number of hydrogen-bond donors (Lipinski definition) is 2. The van der Waals surface area contributed by atoms with E-state index in [1.807, 2.05) is 0 Å². The van der Waals surface area contributed by atoms with E-state index in [2.05, 4.69) is 19.8 Å². The molecule has 2 atom stereocenters. The Hall–Kier alpha value is -2.97. The number of carbonyl (C=O) groups is 4. The first-order valence-electron chi connectivity index (χ1n) is 6.92. The van der Waals surface area contributed by atoms with Gasteiger partial charge in [-0.2, -0.15) is 0 Å². The third-order valence-electron chi connectivity index (χ3n) is 3.46. The number of nitrogens with zero attached hydrogens (tertiary/aromatic N) is 1. The van der Waals surface area contributed by atoms with E-state index in [4.69, 9.17) is 0 Å². The number of esters is 2. The number of carboxylic acids is 1. The maximum Gasteiger partial charge on any atom is 0.326 e. The summed E-state index contributed by atoms with van der Waals surface area (Å²) in [5, 5.41) is 11.7. The van der Waals surface area contributed by atoms with Gasteiger partial charge in [0.1, 0.15) is 6.04 Å². The van der Waals surface area contributed by atoms with Gasteiger partial charge in [-0.1, -0.05) is 6.92 Å². The van der Waals surface area contributed by atoms with Gasteiger partial charge in [0.25, 0.3) is 5.91 Å². The van der Waals surface area contributed by atoms with Crippen molar-refractivity contribution in [2.45, 2.75) is 13.0 Å². The molecule has 0 radical (unpaired) electrons. The van der Waals surface area contributed by atoms with Gasteiger partial charge in [0, 0.05) is 23.9 Å². The van der Waals surface area contributed by atoms with Crippen molar-refractivity contribution in [2.75, 3.05) is 14.2 Å². The Morgan fingerprint density at radius 3 is 2.00 bits per heavy atom. The van der Waals surface area contributed by atoms with Crippen molar-refractivity contribution in [3.63, 3.8) is 0 Å². The molecule has 0 bridgehead atoms. The van der Waals surface area contributed by atoms with Crippen LogP contribution in [0.2, 0.25) is 0 Å². The molecule has 0 aliphatic heterocycles. The highest BCUT2D eigenvalue weighted by Crippen LogP contribution is 2.20. The van der Waals surface area contributed by atoms with Gasteiger partial charge in [0.15, 0.2) is 5.92 Å². The van der Waals surface area contributed by atoms with Gasteiger partial charge in [-0.05, 0) is 12.1 Å². The second-order valence-electron chi connectivity index (χ2n) is 4.91. The first-order chi connectivity index (χ1) is 11.3. The second-order valence-corrected chi connectivity index (χ2v) is 4.91. The number of ether oxygens (including phenoxy) is 2. The number of rotatable bonds is 7. The number of pyridine rings is 1. The van der Waals surface area contributed by atoms with Crippen molar-refractivity contribution in [1.82, 2.24) is 10.3 Å². The smallest absolute Gasteiger partial charge is 0.326 e. The minimum Gasteiger partial charge on any atom is -0.480 e. The van der Waals surface area contributed by atoms with Crippen LogP contribution in [0.4, 0.5) is 0 Å². The van der Waals surface area contributed by atoms with Crippen LogP contribution >= 0.6 is 0 Å². The fourth-order valence-corrected chi connectivity index (χ4v) is 2.12. The topological polar surface area (TPSA) is 132 Å². The lowest BCUT2D eigenvalue weighted by molar-refractivity contribution is -0.162. The number of carbonyl (C=O) groups excluding carboxylic acids is 3. The number of aromatic nitrogens is 1. The quantitative estimate of drug-likeness (QED) is 0.519. The van der Waals surface area contributed by atoms with E-state index in [1.165, 1.54) is 31.5 Å². The van der Waals surface area contributed by atoms with E-state index >= 15 is 0 Å². The van der Waals surface area contributed by atoms with Crippen molar-refractivity contribution in [2.24, 2.45) is 11.8 Å². The van der Waals surface area contributed by atoms with Crippen molar-refractivity contribution >= 4 is 23.8 Å². The molecule has 0 spiro atoms. The van der Waals surface area contributed by atoms with Crippen LogP contribution < -0.4 is 5.32 Å². The van der Waals surface area contributed by atoms with Crippen LogP contribution in [0.15, 0.2) is 24.5 Å². The van der Waals surface area contributed by atoms with Gasteiger partial charge in [0.2, 0.25) is 0 Å². The molecule has 1 amide bonds. The Morgan fingerprint density at radius 2 is 1.58 bits per heavy atom. The fraction of sp³-hybridized carbons (Fsp3) is 0.400. The summed E-state index contributed by atoms with van der Waals surface area (Å²) in [4.78, 5) is 51.0. The molecule has 0 aromatic carbocycles. The van der Waals surface area contributed by atoms with Crippen LogP contribution in [0.3, 0.4) is 0 Å². The molecule has 1 aromatic rings. The van der Waals surface area contributed by atoms with Crippen LogP contribution in [0.1, 0.15) is 17.3 Å². The Labute approximate surface area is 138 Å². The summed E-state index contributed by atoms with van der Waals surface area (Å²) in [6, 6.07) is 1.29. The highest BCUT2D eigenvalue weighted by atomic mass is 16.5.